The van der Waals surface area contributed by atoms with Gasteiger partial charge in [0.05, 0.1) is 51.0 Å². The van der Waals surface area contributed by atoms with Gasteiger partial charge in [0, 0.05) is 64.4 Å². The average Bonchev–Trinajstić information content (AvgIpc) is 3.08. The Labute approximate surface area is 387 Å². The van der Waals surface area contributed by atoms with Crippen LogP contribution < -0.4 is 21.9 Å². The summed E-state index contributed by atoms with van der Waals surface area (Å²) in [5.41, 5.74) is -12.8. The SMILES string of the molecule is CCl.CN(C)CCCNS(=O)(=O)CCC(F)(F)CC(CC(F)(C(F)(F)F)C(F)(F)F)C(F)(F)F.C[N+](C)(C)CCCNS(=O)(=O)CCC(F)(F)CC(CC(F)(C(F)(F)F)C(F)(F)F)C(F)(F)F.[Cl-]. The molecule has 68 heavy (non-hydrogen) atoms. The zero-order chi connectivity index (χ0) is 54.5. The standard InChI is InChI=1S/C16H25F12N2O2S.C15H22F12N2O2S.CH3Cl.ClH/c1-30(2,3)7-4-6-29-33(31,32)8-5-12(17,18)9-11(14(20,21)22)10-13(19,15(23,24)25)16(26,27)28;1-29(2)6-3-5-28-32(30,31)7-4-11(16,17)8-10(13(19,20)21)9-12(18,14(22,23)24)15(25,26)27;1-2;/h11,29H,4-10H2,1-3H3;10,28H,3-9H2,1-2H3;1H3;1H/q+1;;;/p-1. The lowest BCUT2D eigenvalue weighted by Crippen LogP contribution is -3.00. The predicted molar refractivity (Wildman–Crippen MR) is 195 cm³/mol. The molecule has 2 unspecified atom stereocenters. The molecule has 36 heteroatoms. The van der Waals surface area contributed by atoms with Crippen LogP contribution in [0.2, 0.25) is 0 Å². The summed E-state index contributed by atoms with van der Waals surface area (Å²) in [6.45, 7) is 0.458. The molecule has 0 aliphatic heterocycles. The van der Waals surface area contributed by atoms with Crippen LogP contribution in [0.4, 0.5) is 105 Å². The molecule has 416 valence electrons. The number of nitrogens with one attached hydrogen (secondary N) is 2. The molecule has 0 aliphatic rings. The summed E-state index contributed by atoms with van der Waals surface area (Å²) in [4.78, 5) is 1.66. The van der Waals surface area contributed by atoms with E-state index in [4.69, 9.17) is 0 Å². The first-order chi connectivity index (χ1) is 29.2. The van der Waals surface area contributed by atoms with E-state index in [1.165, 1.54) is 6.38 Å². The topological polar surface area (TPSA) is 95.6 Å². The van der Waals surface area contributed by atoms with Crippen molar-refractivity contribution in [2.75, 3.05) is 79.3 Å². The van der Waals surface area contributed by atoms with Crippen LogP contribution in [0.5, 0.6) is 0 Å². The van der Waals surface area contributed by atoms with Crippen molar-refractivity contribution in [3.63, 3.8) is 0 Å². The summed E-state index contributed by atoms with van der Waals surface area (Å²) in [5, 5.41) is 0. The monoisotopic (exact) mass is 1140 g/mol. The quantitative estimate of drug-likeness (QED) is 0.0457. The fourth-order valence-electron chi connectivity index (χ4n) is 5.11. The Balaban J connectivity index is -0.000000573. The van der Waals surface area contributed by atoms with Crippen LogP contribution in [0.15, 0.2) is 0 Å². The zero-order valence-electron chi connectivity index (χ0n) is 36.2. The van der Waals surface area contributed by atoms with Crippen molar-refractivity contribution < 1.29 is 139 Å². The summed E-state index contributed by atoms with van der Waals surface area (Å²) >= 11 is 4.64. The molecule has 0 heterocycles. The number of sulfonamides is 2. The van der Waals surface area contributed by atoms with E-state index in [-0.39, 0.29) is 38.3 Å². The summed E-state index contributed by atoms with van der Waals surface area (Å²) in [6.07, 6.45) is -53.3. The fourth-order valence-corrected chi connectivity index (χ4v) is 7.45. The lowest BCUT2D eigenvalue weighted by atomic mass is 9.86. The molecule has 2 atom stereocenters. The van der Waals surface area contributed by atoms with E-state index < -0.39 is 142 Å². The number of hydrogen-bond acceptors (Lipinski definition) is 5. The first kappa shape index (κ1) is 73.2. The molecule has 0 saturated carbocycles. The zero-order valence-corrected chi connectivity index (χ0v) is 39.4. The van der Waals surface area contributed by atoms with Gasteiger partial charge in [-0.15, -0.1) is 11.6 Å². The molecule has 0 fully saturated rings. The molecule has 0 rings (SSSR count). The molecule has 0 aliphatic carbocycles. The van der Waals surface area contributed by atoms with Crippen molar-refractivity contribution in [1.29, 1.82) is 0 Å². The van der Waals surface area contributed by atoms with Crippen LogP contribution in [-0.2, 0) is 20.0 Å². The minimum absolute atomic E-state index is 0. The molecular weight excluding hydrogens is 1100 g/mol. The van der Waals surface area contributed by atoms with Crippen LogP contribution in [-0.4, -0.2) is 166 Å². The van der Waals surface area contributed by atoms with E-state index in [1.54, 1.807) is 40.1 Å². The van der Waals surface area contributed by atoms with Crippen LogP contribution in [0.3, 0.4) is 0 Å². The first-order valence-electron chi connectivity index (χ1n) is 18.5. The maximum atomic E-state index is 14.0. The van der Waals surface area contributed by atoms with Gasteiger partial charge < -0.3 is 21.8 Å². The second-order valence-corrected chi connectivity index (χ2v) is 19.9. The van der Waals surface area contributed by atoms with Gasteiger partial charge in [-0.25, -0.2) is 52.6 Å². The van der Waals surface area contributed by atoms with Crippen LogP contribution in [0.25, 0.3) is 0 Å². The Bertz CT molecular complexity index is 1640. The van der Waals surface area contributed by atoms with E-state index in [1.807, 2.05) is 9.44 Å². The Morgan fingerprint density at radius 2 is 0.750 bits per heavy atom. The van der Waals surface area contributed by atoms with Crippen molar-refractivity contribution >= 4 is 31.6 Å². The predicted octanol–water partition coefficient (Wildman–Crippen LogP) is 7.35. The fraction of sp³-hybridized carbons (Fsp3) is 1.00. The highest BCUT2D eigenvalue weighted by molar-refractivity contribution is 7.89. The highest BCUT2D eigenvalue weighted by Gasteiger charge is 2.75. The third-order valence-electron chi connectivity index (χ3n) is 8.77. The van der Waals surface area contributed by atoms with Crippen molar-refractivity contribution in [1.82, 2.24) is 14.3 Å². The van der Waals surface area contributed by atoms with Crippen molar-refractivity contribution in [2.24, 2.45) is 11.8 Å². The second kappa shape index (κ2) is 26.5. The number of rotatable bonds is 24. The van der Waals surface area contributed by atoms with Crippen LogP contribution in [0, 0.1) is 11.8 Å². The van der Waals surface area contributed by atoms with E-state index in [0.29, 0.717) is 17.6 Å². The van der Waals surface area contributed by atoms with Gasteiger partial charge in [-0.1, -0.05) is 0 Å². The minimum Gasteiger partial charge on any atom is -1.00 e. The molecule has 2 N–H and O–H groups in total. The lowest BCUT2D eigenvalue weighted by molar-refractivity contribution is -0.870. The smallest absolute Gasteiger partial charge is 0.431 e. The normalized spacial score (nSPS) is 15.5. The van der Waals surface area contributed by atoms with E-state index in [9.17, 15) is 122 Å². The highest BCUT2D eigenvalue weighted by atomic mass is 35.5. The van der Waals surface area contributed by atoms with E-state index in [0.717, 1.165) is 0 Å². The van der Waals surface area contributed by atoms with Crippen LogP contribution in [0.1, 0.15) is 51.4 Å². The Morgan fingerprint density at radius 3 is 0.971 bits per heavy atom. The van der Waals surface area contributed by atoms with Crippen molar-refractivity contribution in [2.45, 2.75) is 112 Å². The number of nitrogens with zero attached hydrogens (tertiary/aromatic N) is 2. The molecule has 0 aromatic carbocycles. The van der Waals surface area contributed by atoms with Crippen molar-refractivity contribution in [3.8, 4) is 0 Å². The summed E-state index contributed by atoms with van der Waals surface area (Å²) in [6, 6.07) is 0. The summed E-state index contributed by atoms with van der Waals surface area (Å²) in [7, 11) is -0.249. The molecular formula is C32H50Cl2F24N4O4S2. The maximum Gasteiger partial charge on any atom is 0.431 e. The molecule has 0 aromatic heterocycles. The Morgan fingerprint density at radius 1 is 0.485 bits per heavy atom. The van der Waals surface area contributed by atoms with Gasteiger partial charge in [-0.3, -0.25) is 0 Å². The Kier molecular flexibility index (Phi) is 28.6. The van der Waals surface area contributed by atoms with Gasteiger partial charge in [-0.2, -0.15) is 79.0 Å². The van der Waals surface area contributed by atoms with Gasteiger partial charge in [0.2, 0.25) is 31.9 Å². The van der Waals surface area contributed by atoms with E-state index >= 15 is 0 Å². The van der Waals surface area contributed by atoms with Gasteiger partial charge in [0.15, 0.2) is 0 Å². The number of alkyl halides is 25. The molecule has 0 amide bonds. The third-order valence-corrected chi connectivity index (χ3v) is 11.5. The molecule has 0 aromatic rings. The highest BCUT2D eigenvalue weighted by Crippen LogP contribution is 2.55. The molecule has 0 bridgehead atoms. The molecule has 0 saturated heterocycles. The largest absolute Gasteiger partial charge is 1.00 e. The molecule has 8 nitrogen and oxygen atoms in total. The lowest BCUT2D eigenvalue weighted by Gasteiger charge is -2.34. The van der Waals surface area contributed by atoms with Crippen LogP contribution >= 0.6 is 11.6 Å². The summed E-state index contributed by atoms with van der Waals surface area (Å²) < 4.78 is 363. The second-order valence-electron chi connectivity index (χ2n) is 16.0. The van der Waals surface area contributed by atoms with Gasteiger partial charge in [0.25, 0.3) is 11.3 Å². The van der Waals surface area contributed by atoms with Gasteiger partial charge in [0.1, 0.15) is 0 Å². The minimum atomic E-state index is -6.86. The number of halogens is 26. The number of hydrogen-bond donors (Lipinski definition) is 2. The van der Waals surface area contributed by atoms with Gasteiger partial charge >= 0.3 is 37.1 Å². The third kappa shape index (κ3) is 27.5. The molecule has 0 spiro atoms. The summed E-state index contributed by atoms with van der Waals surface area (Å²) in [5.74, 6) is -20.3. The van der Waals surface area contributed by atoms with E-state index in [2.05, 4.69) is 11.6 Å². The first-order valence-corrected chi connectivity index (χ1v) is 22.5. The average molecular weight is 1150 g/mol. The van der Waals surface area contributed by atoms with Crippen molar-refractivity contribution in [3.05, 3.63) is 0 Å². The molecule has 0 radical (unpaired) electrons. The number of quaternary nitrogens is 1. The maximum absolute atomic E-state index is 14.0. The van der Waals surface area contributed by atoms with Gasteiger partial charge in [-0.05, 0) is 27.1 Å². The Hall–Kier alpha value is -1.36.